The molecule has 0 spiro atoms. The average Bonchev–Trinajstić information content (AvgIpc) is 3.18. The molecule has 1 aromatic carbocycles. The van der Waals surface area contributed by atoms with Gasteiger partial charge in [0.15, 0.2) is 0 Å². The molecule has 156 valence electrons. The highest BCUT2D eigenvalue weighted by Gasteiger charge is 2.37. The van der Waals surface area contributed by atoms with Gasteiger partial charge in [0.1, 0.15) is 5.69 Å². The van der Waals surface area contributed by atoms with Crippen molar-refractivity contribution in [2.75, 3.05) is 63.8 Å². The van der Waals surface area contributed by atoms with Crippen LogP contribution in [0, 0.1) is 0 Å². The molecule has 1 N–H and O–H groups in total. The predicted octanol–water partition coefficient (Wildman–Crippen LogP) is 3.01. The third-order valence-corrected chi connectivity index (χ3v) is 6.55. The fourth-order valence-corrected chi connectivity index (χ4v) is 4.63. The minimum atomic E-state index is 0.743. The lowest BCUT2D eigenvalue weighted by atomic mass is 10.1. The quantitative estimate of drug-likeness (QED) is 0.402. The van der Waals surface area contributed by atoms with Crippen LogP contribution in [0.4, 0.5) is 17.3 Å². The first-order valence-electron chi connectivity index (χ1n) is 11.0. The van der Waals surface area contributed by atoms with E-state index in [0.717, 1.165) is 24.7 Å². The number of aromatic nitrogens is 2. The van der Waals surface area contributed by atoms with E-state index in [1.54, 1.807) is 0 Å². The first-order chi connectivity index (χ1) is 14.2. The Bertz CT molecular complexity index is 789. The Labute approximate surface area is 174 Å². The minimum absolute atomic E-state index is 0.743. The van der Waals surface area contributed by atoms with Crippen LogP contribution < -0.4 is 9.47 Å². The van der Waals surface area contributed by atoms with Gasteiger partial charge in [0.2, 0.25) is 0 Å². The Hall–Kier alpha value is -2.25. The topological polar surface area (TPSA) is 50.9 Å². The Morgan fingerprint density at radius 3 is 2.41 bits per heavy atom. The van der Waals surface area contributed by atoms with Crippen molar-refractivity contribution < 1.29 is 9.05 Å². The molecule has 0 radical (unpaired) electrons. The molecule has 1 aromatic heterocycles. The standard InChI is InChI=1S/C22H34N7/c1-3-10-28(11-4-16-29-17-13-27(14-18-29)15-19-29)21-7-5-20(6-8-21)24-25-22-23-9-12-26(22)2/h5-9,12H,3-4,10-11,13-19H2,1-2H3/q+1/p+1. The van der Waals surface area contributed by atoms with Gasteiger partial charge in [-0.3, -0.25) is 4.90 Å². The molecule has 5 rings (SSSR count). The van der Waals surface area contributed by atoms with Crippen molar-refractivity contribution >= 4 is 17.3 Å². The second-order valence-corrected chi connectivity index (χ2v) is 8.53. The first-order valence-corrected chi connectivity index (χ1v) is 11.0. The molecule has 0 unspecified atom stereocenters. The van der Waals surface area contributed by atoms with Gasteiger partial charge in [-0.25, -0.2) is 9.55 Å². The van der Waals surface area contributed by atoms with E-state index in [1.807, 2.05) is 24.0 Å². The number of hydrogen-bond acceptors (Lipinski definition) is 4. The molecule has 7 nitrogen and oxygen atoms in total. The number of hydrogen-bond donors (Lipinski definition) is 1. The van der Waals surface area contributed by atoms with Crippen LogP contribution in [0.3, 0.4) is 0 Å². The number of aryl methyl sites for hydroxylation is 1. The van der Waals surface area contributed by atoms with Crippen LogP contribution in [0.5, 0.6) is 0 Å². The number of imidazole rings is 1. The van der Waals surface area contributed by atoms with E-state index >= 15 is 0 Å². The van der Waals surface area contributed by atoms with Crippen molar-refractivity contribution in [2.45, 2.75) is 19.8 Å². The van der Waals surface area contributed by atoms with E-state index < -0.39 is 0 Å². The zero-order valence-electron chi connectivity index (χ0n) is 17.9. The summed E-state index contributed by atoms with van der Waals surface area (Å²) >= 11 is 0. The number of azo groups is 1. The second-order valence-electron chi connectivity index (χ2n) is 8.53. The second kappa shape index (κ2) is 9.05. The smallest absolute Gasteiger partial charge is 0.371 e. The van der Waals surface area contributed by atoms with E-state index in [0.29, 0.717) is 0 Å². The number of nitrogens with one attached hydrogen (secondary N) is 1. The van der Waals surface area contributed by atoms with Gasteiger partial charge in [-0.15, -0.1) is 0 Å². The molecule has 3 aliphatic rings. The monoisotopic (exact) mass is 397 g/mol. The number of anilines is 1. The van der Waals surface area contributed by atoms with Gasteiger partial charge in [-0.1, -0.05) is 12.0 Å². The average molecular weight is 398 g/mol. The molecule has 29 heavy (non-hydrogen) atoms. The molecular formula is C22H35N7+2. The first kappa shape index (κ1) is 20.0. The number of H-pyrrole nitrogens is 1. The third kappa shape index (κ3) is 4.85. The van der Waals surface area contributed by atoms with Crippen LogP contribution in [-0.2, 0) is 7.05 Å². The molecule has 4 heterocycles. The maximum absolute atomic E-state index is 4.35. The van der Waals surface area contributed by atoms with Gasteiger partial charge >= 0.3 is 5.95 Å². The summed E-state index contributed by atoms with van der Waals surface area (Å²) in [6.45, 7) is 13.8. The number of nitrogens with zero attached hydrogens (tertiary/aromatic N) is 6. The normalized spacial score (nSPS) is 23.7. The van der Waals surface area contributed by atoms with E-state index in [2.05, 4.69) is 56.2 Å². The van der Waals surface area contributed by atoms with Crippen molar-refractivity contribution in [2.24, 2.45) is 17.3 Å². The summed E-state index contributed by atoms with van der Waals surface area (Å²) in [5.74, 6) is 0.743. The zero-order chi connectivity index (χ0) is 20.1. The molecule has 2 bridgehead atoms. The maximum atomic E-state index is 4.35. The van der Waals surface area contributed by atoms with Gasteiger partial charge in [0.05, 0.1) is 45.6 Å². The van der Waals surface area contributed by atoms with Crippen LogP contribution in [0.15, 0.2) is 46.9 Å². The summed E-state index contributed by atoms with van der Waals surface area (Å²) in [7, 11) is 1.95. The summed E-state index contributed by atoms with van der Waals surface area (Å²) in [4.78, 5) is 8.23. The van der Waals surface area contributed by atoms with Gasteiger partial charge in [-0.2, -0.15) is 0 Å². The van der Waals surface area contributed by atoms with Gasteiger partial charge < -0.3 is 9.38 Å². The Morgan fingerprint density at radius 2 is 1.79 bits per heavy atom. The molecular weight excluding hydrogens is 362 g/mol. The Morgan fingerprint density at radius 1 is 1.07 bits per heavy atom. The molecule has 0 saturated carbocycles. The molecule has 3 aliphatic heterocycles. The molecule has 2 aromatic rings. The van der Waals surface area contributed by atoms with Crippen LogP contribution >= 0.6 is 0 Å². The summed E-state index contributed by atoms with van der Waals surface area (Å²) < 4.78 is 3.26. The number of rotatable bonds is 9. The van der Waals surface area contributed by atoms with E-state index in [9.17, 15) is 0 Å². The van der Waals surface area contributed by atoms with Crippen LogP contribution in [-0.4, -0.2) is 73.3 Å². The molecule has 3 fully saturated rings. The minimum Gasteiger partial charge on any atom is -0.371 e. The van der Waals surface area contributed by atoms with E-state index in [1.165, 1.54) is 68.8 Å². The fourth-order valence-electron chi connectivity index (χ4n) is 4.63. The Balaban J connectivity index is 1.34. The summed E-state index contributed by atoms with van der Waals surface area (Å²) in [6, 6.07) is 8.50. The zero-order valence-corrected chi connectivity index (χ0v) is 17.9. The predicted molar refractivity (Wildman–Crippen MR) is 116 cm³/mol. The molecule has 0 atom stereocenters. The fraction of sp³-hybridized carbons (Fsp3) is 0.591. The maximum Gasteiger partial charge on any atom is 0.418 e. The highest BCUT2D eigenvalue weighted by atomic mass is 15.5. The molecule has 3 saturated heterocycles. The highest BCUT2D eigenvalue weighted by Crippen LogP contribution is 2.23. The van der Waals surface area contributed by atoms with Crippen molar-refractivity contribution in [3.63, 3.8) is 0 Å². The lowest BCUT2D eigenvalue weighted by Gasteiger charge is -2.50. The van der Waals surface area contributed by atoms with Crippen molar-refractivity contribution in [1.82, 2.24) is 9.88 Å². The van der Waals surface area contributed by atoms with Gasteiger partial charge in [0.25, 0.3) is 0 Å². The number of piperazine rings is 3. The number of fused-ring (bicyclic) bond motifs is 3. The van der Waals surface area contributed by atoms with Crippen LogP contribution in [0.25, 0.3) is 0 Å². The van der Waals surface area contributed by atoms with Crippen LogP contribution in [0.1, 0.15) is 19.8 Å². The summed E-state index contributed by atoms with van der Waals surface area (Å²) in [5, 5.41) is 8.63. The third-order valence-electron chi connectivity index (χ3n) is 6.55. The molecule has 0 amide bonds. The largest absolute Gasteiger partial charge is 0.418 e. The number of benzene rings is 1. The van der Waals surface area contributed by atoms with E-state index in [4.69, 9.17) is 0 Å². The highest BCUT2D eigenvalue weighted by molar-refractivity contribution is 5.52. The van der Waals surface area contributed by atoms with Crippen molar-refractivity contribution in [3.05, 3.63) is 36.7 Å². The Kier molecular flexibility index (Phi) is 6.25. The van der Waals surface area contributed by atoms with Gasteiger partial charge in [-0.05, 0) is 30.7 Å². The summed E-state index contributed by atoms with van der Waals surface area (Å²) in [6.07, 6.45) is 6.22. The summed E-state index contributed by atoms with van der Waals surface area (Å²) in [5.41, 5.74) is 2.17. The lowest BCUT2D eigenvalue weighted by Crippen LogP contribution is -2.67. The molecule has 0 aliphatic carbocycles. The van der Waals surface area contributed by atoms with E-state index in [-0.39, 0.29) is 0 Å². The SMILES string of the molecule is CCCN(CCC[N+]12CCN(CC1)CC2)c1ccc(N=Nc2[nH]cc[n+]2C)cc1. The number of aromatic amines is 1. The van der Waals surface area contributed by atoms with Gasteiger partial charge in [0, 0.05) is 49.9 Å². The van der Waals surface area contributed by atoms with Crippen LogP contribution in [0.2, 0.25) is 0 Å². The lowest BCUT2D eigenvalue weighted by molar-refractivity contribution is -0.941. The molecule has 7 heteroatoms. The number of quaternary nitrogens is 1. The van der Waals surface area contributed by atoms with Crippen molar-refractivity contribution in [1.29, 1.82) is 0 Å². The van der Waals surface area contributed by atoms with Crippen molar-refractivity contribution in [3.8, 4) is 0 Å².